The summed E-state index contributed by atoms with van der Waals surface area (Å²) in [5, 5.41) is 18.0. The molecular formula is C21H24N4O2S. The maximum atomic E-state index is 11.3. The molecular weight excluding hydrogens is 372 g/mol. The number of hydrogen-bond acceptors (Lipinski definition) is 4. The minimum Gasteiger partial charge on any atom is -0.386 e. The first-order valence-corrected chi connectivity index (χ1v) is 9.96. The maximum absolute atomic E-state index is 11.3. The summed E-state index contributed by atoms with van der Waals surface area (Å²) in [5.74, 6) is 0.148. The smallest absolute Gasteiger partial charge is 0.248 e. The number of primary amides is 1. The molecule has 0 radical (unpaired) electrons. The monoisotopic (exact) mass is 396 g/mol. The topological polar surface area (TPSA) is 99.7 Å². The number of guanidine groups is 1. The van der Waals surface area contributed by atoms with Crippen LogP contribution in [0.15, 0.2) is 59.6 Å². The molecule has 1 amide bonds. The van der Waals surface area contributed by atoms with Gasteiger partial charge < -0.3 is 21.5 Å². The highest BCUT2D eigenvalue weighted by Crippen LogP contribution is 2.29. The van der Waals surface area contributed by atoms with E-state index in [0.29, 0.717) is 31.2 Å². The van der Waals surface area contributed by atoms with Crippen LogP contribution in [0.2, 0.25) is 0 Å². The number of carbonyl (C=O) groups is 1. The van der Waals surface area contributed by atoms with Gasteiger partial charge in [0.05, 0.1) is 6.54 Å². The van der Waals surface area contributed by atoms with Gasteiger partial charge in [0.25, 0.3) is 0 Å². The van der Waals surface area contributed by atoms with Crippen LogP contribution in [0.5, 0.6) is 0 Å². The SMILES string of the molecule is CCNC(=NCc1cccc(C(N)=O)c1)NCC(O)c1cc2ccccc2s1. The van der Waals surface area contributed by atoms with E-state index in [9.17, 15) is 9.90 Å². The zero-order chi connectivity index (χ0) is 19.9. The number of carbonyl (C=O) groups excluding carboxylic acids is 1. The first-order valence-electron chi connectivity index (χ1n) is 9.14. The summed E-state index contributed by atoms with van der Waals surface area (Å²) < 4.78 is 1.16. The van der Waals surface area contributed by atoms with Crippen LogP contribution >= 0.6 is 11.3 Å². The zero-order valence-corrected chi connectivity index (χ0v) is 16.5. The Hall–Kier alpha value is -2.90. The van der Waals surface area contributed by atoms with Gasteiger partial charge in [0.1, 0.15) is 6.10 Å². The molecule has 0 saturated carbocycles. The minimum atomic E-state index is -0.626. The number of aliphatic hydroxyl groups is 1. The van der Waals surface area contributed by atoms with Crippen molar-refractivity contribution in [3.05, 3.63) is 70.6 Å². The highest BCUT2D eigenvalue weighted by molar-refractivity contribution is 7.19. The van der Waals surface area contributed by atoms with Gasteiger partial charge >= 0.3 is 0 Å². The Morgan fingerprint density at radius 1 is 1.18 bits per heavy atom. The summed E-state index contributed by atoms with van der Waals surface area (Å²) in [4.78, 5) is 16.7. The van der Waals surface area contributed by atoms with Crippen molar-refractivity contribution in [2.75, 3.05) is 13.1 Å². The molecule has 146 valence electrons. The van der Waals surface area contributed by atoms with E-state index >= 15 is 0 Å². The van der Waals surface area contributed by atoms with Gasteiger partial charge in [-0.2, -0.15) is 0 Å². The molecule has 1 atom stereocenters. The summed E-state index contributed by atoms with van der Waals surface area (Å²) in [6, 6.07) is 17.2. The fourth-order valence-electron chi connectivity index (χ4n) is 2.80. The van der Waals surface area contributed by atoms with Gasteiger partial charge in [0.15, 0.2) is 5.96 Å². The molecule has 0 bridgehead atoms. The van der Waals surface area contributed by atoms with Gasteiger partial charge in [-0.25, -0.2) is 4.99 Å². The van der Waals surface area contributed by atoms with E-state index < -0.39 is 12.0 Å². The normalized spacial score (nSPS) is 12.7. The van der Waals surface area contributed by atoms with Crippen molar-refractivity contribution in [1.29, 1.82) is 0 Å². The summed E-state index contributed by atoms with van der Waals surface area (Å²) in [6.07, 6.45) is -0.626. The van der Waals surface area contributed by atoms with Crippen LogP contribution < -0.4 is 16.4 Å². The second-order valence-corrected chi connectivity index (χ2v) is 7.46. The van der Waals surface area contributed by atoms with E-state index in [1.54, 1.807) is 29.5 Å². The summed E-state index contributed by atoms with van der Waals surface area (Å²) in [7, 11) is 0. The molecule has 7 heteroatoms. The Balaban J connectivity index is 1.64. The predicted octanol–water partition coefficient (Wildman–Crippen LogP) is 2.79. The number of thiophene rings is 1. The molecule has 1 heterocycles. The molecule has 0 saturated heterocycles. The number of aliphatic imine (C=N–C) groups is 1. The third kappa shape index (κ3) is 5.09. The van der Waals surface area contributed by atoms with Gasteiger partial charge in [-0.05, 0) is 42.1 Å². The Kier molecular flexibility index (Phi) is 6.62. The molecule has 0 spiro atoms. The predicted molar refractivity (Wildman–Crippen MR) is 115 cm³/mol. The number of hydrogen-bond donors (Lipinski definition) is 4. The van der Waals surface area contributed by atoms with Crippen LogP contribution in [0.1, 0.15) is 33.8 Å². The molecule has 2 aromatic carbocycles. The van der Waals surface area contributed by atoms with Crippen LogP contribution in [0.25, 0.3) is 10.1 Å². The Labute approximate surface area is 168 Å². The van der Waals surface area contributed by atoms with Crippen molar-refractivity contribution >= 4 is 33.3 Å². The number of benzene rings is 2. The fraction of sp³-hybridized carbons (Fsp3) is 0.238. The van der Waals surface area contributed by atoms with Gasteiger partial charge in [0, 0.05) is 28.2 Å². The summed E-state index contributed by atoms with van der Waals surface area (Å²) in [6.45, 7) is 3.43. The lowest BCUT2D eigenvalue weighted by Gasteiger charge is -2.14. The van der Waals surface area contributed by atoms with Gasteiger partial charge in [0.2, 0.25) is 5.91 Å². The van der Waals surface area contributed by atoms with Gasteiger partial charge in [-0.15, -0.1) is 11.3 Å². The molecule has 0 aliphatic heterocycles. The molecule has 0 fully saturated rings. The summed E-state index contributed by atoms with van der Waals surface area (Å²) in [5.41, 5.74) is 6.68. The third-order valence-electron chi connectivity index (χ3n) is 4.21. The van der Waals surface area contributed by atoms with Gasteiger partial charge in [-0.3, -0.25) is 4.79 Å². The Morgan fingerprint density at radius 3 is 2.75 bits per heavy atom. The zero-order valence-electron chi connectivity index (χ0n) is 15.7. The summed E-state index contributed by atoms with van der Waals surface area (Å²) >= 11 is 1.59. The van der Waals surface area contributed by atoms with Crippen LogP contribution in [0.3, 0.4) is 0 Å². The number of amides is 1. The average Bonchev–Trinajstić information content (AvgIpc) is 3.14. The number of fused-ring (bicyclic) bond motifs is 1. The van der Waals surface area contributed by atoms with E-state index in [2.05, 4.69) is 21.7 Å². The third-order valence-corrected chi connectivity index (χ3v) is 5.43. The number of rotatable bonds is 7. The molecule has 3 aromatic rings. The van der Waals surface area contributed by atoms with Crippen molar-refractivity contribution in [2.24, 2.45) is 10.7 Å². The van der Waals surface area contributed by atoms with Gasteiger partial charge in [-0.1, -0.05) is 30.3 Å². The second kappa shape index (κ2) is 9.34. The quantitative estimate of drug-likeness (QED) is 0.364. The lowest BCUT2D eigenvalue weighted by Crippen LogP contribution is -2.39. The van der Waals surface area contributed by atoms with E-state index in [1.165, 1.54) is 0 Å². The molecule has 0 aliphatic carbocycles. The van der Waals surface area contributed by atoms with E-state index in [4.69, 9.17) is 5.73 Å². The number of aliphatic hydroxyl groups excluding tert-OH is 1. The van der Waals surface area contributed by atoms with Crippen molar-refractivity contribution in [3.63, 3.8) is 0 Å². The molecule has 1 aromatic heterocycles. The maximum Gasteiger partial charge on any atom is 0.248 e. The lowest BCUT2D eigenvalue weighted by molar-refractivity contribution is 0.1000. The number of nitrogens with zero attached hydrogens (tertiary/aromatic N) is 1. The molecule has 0 aliphatic rings. The molecule has 6 nitrogen and oxygen atoms in total. The van der Waals surface area contributed by atoms with E-state index in [0.717, 1.165) is 20.5 Å². The number of nitrogens with one attached hydrogen (secondary N) is 2. The average molecular weight is 397 g/mol. The fourth-order valence-corrected chi connectivity index (χ4v) is 3.85. The van der Waals surface area contributed by atoms with E-state index in [-0.39, 0.29) is 0 Å². The van der Waals surface area contributed by atoms with Crippen molar-refractivity contribution in [2.45, 2.75) is 19.6 Å². The lowest BCUT2D eigenvalue weighted by atomic mass is 10.1. The highest BCUT2D eigenvalue weighted by Gasteiger charge is 2.12. The molecule has 28 heavy (non-hydrogen) atoms. The van der Waals surface area contributed by atoms with Crippen LogP contribution in [-0.4, -0.2) is 30.1 Å². The number of nitrogens with two attached hydrogens (primary N) is 1. The molecule has 5 N–H and O–H groups in total. The van der Waals surface area contributed by atoms with E-state index in [1.807, 2.05) is 37.3 Å². The second-order valence-electron chi connectivity index (χ2n) is 6.34. The Morgan fingerprint density at radius 2 is 2.00 bits per heavy atom. The molecule has 3 rings (SSSR count). The van der Waals surface area contributed by atoms with Crippen LogP contribution in [0.4, 0.5) is 0 Å². The first-order chi connectivity index (χ1) is 13.6. The first kappa shape index (κ1) is 19.9. The largest absolute Gasteiger partial charge is 0.386 e. The molecule has 1 unspecified atom stereocenters. The van der Waals surface area contributed by atoms with Crippen molar-refractivity contribution in [1.82, 2.24) is 10.6 Å². The Bertz CT molecular complexity index is 950. The van der Waals surface area contributed by atoms with Crippen molar-refractivity contribution in [3.8, 4) is 0 Å². The standard InChI is InChI=1S/C21H24N4O2S/c1-2-23-21(24-12-14-6-5-8-16(10-14)20(22)27)25-13-17(26)19-11-15-7-3-4-9-18(15)28-19/h3-11,17,26H,2,12-13H2,1H3,(H2,22,27)(H2,23,24,25). The minimum absolute atomic E-state index is 0.347. The van der Waals surface area contributed by atoms with Crippen LogP contribution in [-0.2, 0) is 6.54 Å². The van der Waals surface area contributed by atoms with Crippen LogP contribution in [0, 0.1) is 0 Å². The van der Waals surface area contributed by atoms with Crippen molar-refractivity contribution < 1.29 is 9.90 Å². The highest BCUT2D eigenvalue weighted by atomic mass is 32.1.